The molecule has 0 bridgehead atoms. The maximum atomic E-state index is 12.2. The lowest BCUT2D eigenvalue weighted by atomic mass is 10.0. The van der Waals surface area contributed by atoms with E-state index in [0.29, 0.717) is 43.7 Å². The van der Waals surface area contributed by atoms with Crippen LogP contribution < -0.4 is 0 Å². The minimum absolute atomic E-state index is 0.0120. The highest BCUT2D eigenvalue weighted by atomic mass is 32.2. The Hall–Kier alpha value is -2.43. The lowest BCUT2D eigenvalue weighted by molar-refractivity contribution is -0.144. The second-order valence-corrected chi connectivity index (χ2v) is 10.2. The van der Waals surface area contributed by atoms with Crippen molar-refractivity contribution in [3.8, 4) is 0 Å². The van der Waals surface area contributed by atoms with Gasteiger partial charge in [-0.2, -0.15) is 0 Å². The number of rotatable bonds is 6. The standard InChI is InChI=1S/C20H25N3O6S/c24-18(25)12-23-11-16(15-3-1-2-4-17(15)23)19(20(26)27)22-8-6-21(7-9-22)14-5-10-30(28,29)13-14/h1-4,11,14,19H,5-10,12-13H2,(H,24,25)(H,26,27)/t14-,19-/m1/s1. The zero-order valence-electron chi connectivity index (χ0n) is 16.5. The predicted octanol–water partition coefficient (Wildman–Crippen LogP) is 0.656. The Labute approximate surface area is 174 Å². The van der Waals surface area contributed by atoms with Crippen LogP contribution in [0, 0.1) is 0 Å². The fourth-order valence-electron chi connectivity index (χ4n) is 4.68. The van der Waals surface area contributed by atoms with E-state index in [1.807, 2.05) is 17.0 Å². The van der Waals surface area contributed by atoms with Crippen molar-refractivity contribution in [2.24, 2.45) is 0 Å². The number of hydrogen-bond donors (Lipinski definition) is 2. The third kappa shape index (κ3) is 4.07. The molecule has 2 aliphatic rings. The molecule has 0 radical (unpaired) electrons. The van der Waals surface area contributed by atoms with Gasteiger partial charge in [-0.1, -0.05) is 18.2 Å². The molecule has 10 heteroatoms. The number of fused-ring (bicyclic) bond motifs is 1. The minimum atomic E-state index is -2.96. The van der Waals surface area contributed by atoms with Crippen LogP contribution in [0.4, 0.5) is 0 Å². The molecule has 3 heterocycles. The molecule has 2 saturated heterocycles. The Balaban J connectivity index is 1.57. The molecule has 0 aliphatic carbocycles. The van der Waals surface area contributed by atoms with Gasteiger partial charge in [0.2, 0.25) is 0 Å². The van der Waals surface area contributed by atoms with Gasteiger partial charge in [0.1, 0.15) is 12.6 Å². The van der Waals surface area contributed by atoms with Crippen molar-refractivity contribution in [1.82, 2.24) is 14.4 Å². The van der Waals surface area contributed by atoms with E-state index >= 15 is 0 Å². The van der Waals surface area contributed by atoms with E-state index in [2.05, 4.69) is 4.90 Å². The Morgan fingerprint density at radius 3 is 2.40 bits per heavy atom. The Morgan fingerprint density at radius 1 is 1.10 bits per heavy atom. The molecule has 1 aromatic carbocycles. The molecule has 2 aromatic rings. The zero-order chi connectivity index (χ0) is 21.5. The summed E-state index contributed by atoms with van der Waals surface area (Å²) in [5.74, 6) is -1.57. The van der Waals surface area contributed by atoms with Crippen molar-refractivity contribution in [2.45, 2.75) is 25.0 Å². The molecule has 4 rings (SSSR count). The molecule has 0 amide bonds. The molecule has 162 valence electrons. The molecule has 0 saturated carbocycles. The summed E-state index contributed by atoms with van der Waals surface area (Å²) in [7, 11) is -2.96. The van der Waals surface area contributed by atoms with Gasteiger partial charge in [-0.15, -0.1) is 0 Å². The third-order valence-electron chi connectivity index (χ3n) is 6.09. The van der Waals surface area contributed by atoms with Gasteiger partial charge in [-0.25, -0.2) is 8.42 Å². The number of nitrogens with zero attached hydrogens (tertiary/aromatic N) is 3. The highest BCUT2D eigenvalue weighted by Crippen LogP contribution is 2.32. The molecule has 2 atom stereocenters. The first kappa shape index (κ1) is 20.8. The third-order valence-corrected chi connectivity index (χ3v) is 7.84. The highest BCUT2D eigenvalue weighted by Gasteiger charge is 2.37. The molecule has 2 fully saturated rings. The molecule has 0 spiro atoms. The zero-order valence-corrected chi connectivity index (χ0v) is 17.3. The molecule has 1 aromatic heterocycles. The summed E-state index contributed by atoms with van der Waals surface area (Å²) in [6.07, 6.45) is 2.26. The summed E-state index contributed by atoms with van der Waals surface area (Å²) in [5.41, 5.74) is 1.27. The Kier molecular flexibility index (Phi) is 5.56. The van der Waals surface area contributed by atoms with Gasteiger partial charge >= 0.3 is 11.9 Å². The number of piperazine rings is 1. The van der Waals surface area contributed by atoms with Crippen LogP contribution in [0.3, 0.4) is 0 Å². The number of benzene rings is 1. The monoisotopic (exact) mass is 435 g/mol. The second kappa shape index (κ2) is 8.01. The molecule has 2 aliphatic heterocycles. The first-order valence-electron chi connectivity index (χ1n) is 9.96. The van der Waals surface area contributed by atoms with Gasteiger partial charge < -0.3 is 14.8 Å². The molecule has 30 heavy (non-hydrogen) atoms. The van der Waals surface area contributed by atoms with E-state index in [1.165, 1.54) is 0 Å². The van der Waals surface area contributed by atoms with Gasteiger partial charge in [0, 0.05) is 54.9 Å². The fourth-order valence-corrected chi connectivity index (χ4v) is 6.44. The largest absolute Gasteiger partial charge is 0.480 e. The summed E-state index contributed by atoms with van der Waals surface area (Å²) >= 11 is 0. The van der Waals surface area contributed by atoms with Gasteiger partial charge in [0.05, 0.1) is 11.5 Å². The second-order valence-electron chi connectivity index (χ2n) is 7.99. The normalized spacial score (nSPS) is 23.5. The van der Waals surface area contributed by atoms with Gasteiger partial charge in [-0.05, 0) is 12.5 Å². The Bertz CT molecular complexity index is 1070. The van der Waals surface area contributed by atoms with Gasteiger partial charge in [0.25, 0.3) is 0 Å². The SMILES string of the molecule is O=C(O)Cn1cc([C@H](C(=O)O)N2CCN([C@@H]3CCS(=O)(=O)C3)CC2)c2ccccc21. The summed E-state index contributed by atoms with van der Waals surface area (Å²) in [6, 6.07) is 6.35. The van der Waals surface area contributed by atoms with E-state index in [1.54, 1.807) is 22.9 Å². The average Bonchev–Trinajstić information content (AvgIpc) is 3.23. The van der Waals surface area contributed by atoms with E-state index in [9.17, 15) is 28.2 Å². The maximum absolute atomic E-state index is 12.2. The molecular formula is C20H25N3O6S. The van der Waals surface area contributed by atoms with Crippen molar-refractivity contribution >= 4 is 32.7 Å². The Morgan fingerprint density at radius 2 is 1.80 bits per heavy atom. The smallest absolute Gasteiger partial charge is 0.325 e. The lowest BCUT2D eigenvalue weighted by Gasteiger charge is -2.40. The first-order chi connectivity index (χ1) is 14.2. The van der Waals surface area contributed by atoms with Crippen molar-refractivity contribution < 1.29 is 28.2 Å². The van der Waals surface area contributed by atoms with Crippen molar-refractivity contribution in [3.05, 3.63) is 36.0 Å². The summed E-state index contributed by atoms with van der Waals surface area (Å²) in [4.78, 5) is 27.5. The number of aliphatic carboxylic acids is 2. The van der Waals surface area contributed by atoms with Crippen LogP contribution in [-0.2, 0) is 26.0 Å². The quantitative estimate of drug-likeness (QED) is 0.679. The highest BCUT2D eigenvalue weighted by molar-refractivity contribution is 7.91. The molecule has 2 N–H and O–H groups in total. The lowest BCUT2D eigenvalue weighted by Crippen LogP contribution is -2.52. The van der Waals surface area contributed by atoms with Crippen molar-refractivity contribution in [2.75, 3.05) is 37.7 Å². The van der Waals surface area contributed by atoms with E-state index in [4.69, 9.17) is 0 Å². The number of aromatic nitrogens is 1. The predicted molar refractivity (Wildman–Crippen MR) is 110 cm³/mol. The van der Waals surface area contributed by atoms with E-state index in [-0.39, 0.29) is 24.1 Å². The van der Waals surface area contributed by atoms with Crippen LogP contribution in [0.5, 0.6) is 0 Å². The number of para-hydroxylation sites is 1. The fraction of sp³-hybridized carbons (Fsp3) is 0.500. The molecular weight excluding hydrogens is 410 g/mol. The van der Waals surface area contributed by atoms with Crippen molar-refractivity contribution in [1.29, 1.82) is 0 Å². The van der Waals surface area contributed by atoms with Crippen LogP contribution in [0.15, 0.2) is 30.5 Å². The maximum Gasteiger partial charge on any atom is 0.325 e. The van der Waals surface area contributed by atoms with Crippen LogP contribution in [0.25, 0.3) is 10.9 Å². The summed E-state index contributed by atoms with van der Waals surface area (Å²) < 4.78 is 25.1. The molecule has 0 unspecified atom stereocenters. The van der Waals surface area contributed by atoms with Crippen LogP contribution in [-0.4, -0.2) is 88.7 Å². The van der Waals surface area contributed by atoms with E-state index in [0.717, 1.165) is 5.39 Å². The van der Waals surface area contributed by atoms with Crippen LogP contribution in [0.1, 0.15) is 18.0 Å². The van der Waals surface area contributed by atoms with Gasteiger partial charge in [-0.3, -0.25) is 19.4 Å². The van der Waals surface area contributed by atoms with Crippen LogP contribution in [0.2, 0.25) is 0 Å². The minimum Gasteiger partial charge on any atom is -0.480 e. The van der Waals surface area contributed by atoms with Crippen LogP contribution >= 0.6 is 0 Å². The number of sulfone groups is 1. The first-order valence-corrected chi connectivity index (χ1v) is 11.8. The average molecular weight is 436 g/mol. The number of hydrogen-bond acceptors (Lipinski definition) is 6. The summed E-state index contributed by atoms with van der Waals surface area (Å²) in [6.45, 7) is 1.99. The number of carboxylic acids is 2. The topological polar surface area (TPSA) is 120 Å². The number of carbonyl (C=O) groups is 2. The molecule has 9 nitrogen and oxygen atoms in total. The summed E-state index contributed by atoms with van der Waals surface area (Å²) in [5, 5.41) is 20.0. The van der Waals surface area contributed by atoms with Gasteiger partial charge in [0.15, 0.2) is 9.84 Å². The van der Waals surface area contributed by atoms with E-state index < -0.39 is 27.8 Å². The van der Waals surface area contributed by atoms with Crippen molar-refractivity contribution in [3.63, 3.8) is 0 Å². The number of carboxylic acid groups (broad SMARTS) is 2.